The Morgan fingerprint density at radius 3 is 2.07 bits per heavy atom. The van der Waals surface area contributed by atoms with Crippen molar-refractivity contribution in [1.29, 1.82) is 0 Å². The highest BCUT2D eigenvalue weighted by Crippen LogP contribution is 2.47. The van der Waals surface area contributed by atoms with Crippen molar-refractivity contribution < 1.29 is 40.6 Å². The first-order chi connectivity index (χ1) is 21.1. The van der Waals surface area contributed by atoms with Crippen molar-refractivity contribution >= 4 is 0 Å². The zero-order valence-electron chi connectivity index (χ0n) is 25.4. The Bertz CT molecular complexity index is 1200. The van der Waals surface area contributed by atoms with Crippen molar-refractivity contribution in [3.05, 3.63) is 64.7 Å². The van der Waals surface area contributed by atoms with E-state index < -0.39 is 41.9 Å². The van der Waals surface area contributed by atoms with Crippen LogP contribution in [-0.2, 0) is 9.47 Å². The van der Waals surface area contributed by atoms with Crippen LogP contribution in [0.3, 0.4) is 0 Å². The van der Waals surface area contributed by atoms with Crippen LogP contribution in [0.5, 0.6) is 5.75 Å². The zero-order valence-corrected chi connectivity index (χ0v) is 25.4. The third kappa shape index (κ3) is 8.11. The Balaban J connectivity index is 1.07. The molecule has 0 radical (unpaired) electrons. The fourth-order valence-corrected chi connectivity index (χ4v) is 7.42. The standard InChI is InChI=1S/C35H44F6O3/c1-2-3-4-5-22-20-42-34(43-21-22)26-12-16-29(31(36)18-26)25-8-6-23(7-9-25)24-10-13-27(14-11-24)35(40,41)44-28-15-17-30(33(38)39)32(37)19-28/h12,15-19,22-25,27,33-34H,2-11,13-14,20-21H2,1H3. The van der Waals surface area contributed by atoms with Gasteiger partial charge in [0.2, 0.25) is 0 Å². The van der Waals surface area contributed by atoms with Gasteiger partial charge in [0.25, 0.3) is 6.43 Å². The summed E-state index contributed by atoms with van der Waals surface area (Å²) < 4.78 is 101. The van der Waals surface area contributed by atoms with Gasteiger partial charge < -0.3 is 14.2 Å². The summed E-state index contributed by atoms with van der Waals surface area (Å²) in [4.78, 5) is 0. The van der Waals surface area contributed by atoms with E-state index in [1.165, 1.54) is 19.3 Å². The maximum Gasteiger partial charge on any atom is 0.400 e. The molecule has 3 nitrogen and oxygen atoms in total. The van der Waals surface area contributed by atoms with E-state index in [0.717, 1.165) is 49.8 Å². The number of ether oxygens (including phenoxy) is 3. The molecule has 0 spiro atoms. The molecular weight excluding hydrogens is 582 g/mol. The van der Waals surface area contributed by atoms with E-state index >= 15 is 4.39 Å². The maximum atomic E-state index is 15.3. The topological polar surface area (TPSA) is 27.7 Å². The van der Waals surface area contributed by atoms with E-state index in [1.54, 1.807) is 6.07 Å². The van der Waals surface area contributed by atoms with Crippen molar-refractivity contribution in [2.24, 2.45) is 23.7 Å². The van der Waals surface area contributed by atoms with Gasteiger partial charge in [0, 0.05) is 17.5 Å². The molecule has 1 aliphatic heterocycles. The largest absolute Gasteiger partial charge is 0.432 e. The van der Waals surface area contributed by atoms with Gasteiger partial charge in [-0.25, -0.2) is 17.6 Å². The van der Waals surface area contributed by atoms with Crippen molar-refractivity contribution in [1.82, 2.24) is 0 Å². The molecule has 9 heteroatoms. The average Bonchev–Trinajstić information content (AvgIpc) is 3.01. The number of alkyl halides is 4. The fourth-order valence-electron chi connectivity index (χ4n) is 7.42. The first-order valence-corrected chi connectivity index (χ1v) is 16.3. The number of rotatable bonds is 11. The maximum absolute atomic E-state index is 15.3. The molecule has 0 N–H and O–H groups in total. The molecule has 0 bridgehead atoms. The highest BCUT2D eigenvalue weighted by atomic mass is 19.3. The smallest absolute Gasteiger partial charge is 0.400 e. The molecule has 2 saturated carbocycles. The summed E-state index contributed by atoms with van der Waals surface area (Å²) in [6.45, 7) is 3.44. The lowest BCUT2D eigenvalue weighted by molar-refractivity contribution is -0.224. The van der Waals surface area contributed by atoms with E-state index in [-0.39, 0.29) is 24.6 Å². The van der Waals surface area contributed by atoms with E-state index in [4.69, 9.17) is 14.2 Å². The first kappa shape index (κ1) is 33.1. The number of halogens is 6. The number of hydrogen-bond acceptors (Lipinski definition) is 3. The van der Waals surface area contributed by atoms with Gasteiger partial charge in [-0.3, -0.25) is 0 Å². The molecule has 244 valence electrons. The number of hydrogen-bond donors (Lipinski definition) is 0. The molecule has 3 aliphatic rings. The predicted molar refractivity (Wildman–Crippen MR) is 156 cm³/mol. The predicted octanol–water partition coefficient (Wildman–Crippen LogP) is 10.9. The fraction of sp³-hybridized carbons (Fsp3) is 0.657. The van der Waals surface area contributed by atoms with Crippen molar-refractivity contribution in [3.8, 4) is 5.75 Å². The van der Waals surface area contributed by atoms with E-state index in [1.807, 2.05) is 12.1 Å². The van der Waals surface area contributed by atoms with Gasteiger partial charge in [-0.1, -0.05) is 38.3 Å². The van der Waals surface area contributed by atoms with Gasteiger partial charge in [-0.05, 0) is 99.3 Å². The zero-order chi connectivity index (χ0) is 31.3. The lowest BCUT2D eigenvalue weighted by Crippen LogP contribution is -2.38. The Morgan fingerprint density at radius 1 is 0.818 bits per heavy atom. The lowest BCUT2D eigenvalue weighted by Gasteiger charge is -2.39. The summed E-state index contributed by atoms with van der Waals surface area (Å²) in [5, 5.41) is 0. The number of unbranched alkanes of at least 4 members (excludes halogenated alkanes) is 2. The molecule has 44 heavy (non-hydrogen) atoms. The van der Waals surface area contributed by atoms with E-state index in [0.29, 0.717) is 55.4 Å². The van der Waals surface area contributed by atoms with Crippen LogP contribution in [0.2, 0.25) is 0 Å². The van der Waals surface area contributed by atoms with Crippen LogP contribution in [0, 0.1) is 35.3 Å². The van der Waals surface area contributed by atoms with Crippen LogP contribution in [0.4, 0.5) is 26.3 Å². The highest BCUT2D eigenvalue weighted by Gasteiger charge is 2.45. The normalized spacial score (nSPS) is 28.3. The Labute approximate surface area is 256 Å². The molecule has 2 aliphatic carbocycles. The van der Waals surface area contributed by atoms with Gasteiger partial charge in [0.15, 0.2) is 6.29 Å². The van der Waals surface area contributed by atoms with Crippen LogP contribution in [-0.4, -0.2) is 19.3 Å². The van der Waals surface area contributed by atoms with Crippen LogP contribution >= 0.6 is 0 Å². The molecule has 5 rings (SSSR count). The van der Waals surface area contributed by atoms with Crippen molar-refractivity contribution in [3.63, 3.8) is 0 Å². The average molecular weight is 627 g/mol. The van der Waals surface area contributed by atoms with E-state index in [9.17, 15) is 22.0 Å². The van der Waals surface area contributed by atoms with Gasteiger partial charge in [-0.2, -0.15) is 8.78 Å². The molecule has 2 aromatic carbocycles. The van der Waals surface area contributed by atoms with Crippen LogP contribution in [0.25, 0.3) is 0 Å². The van der Waals surface area contributed by atoms with Gasteiger partial charge >= 0.3 is 6.11 Å². The highest BCUT2D eigenvalue weighted by molar-refractivity contribution is 5.30. The molecule has 1 saturated heterocycles. The Hall–Kier alpha value is -2.26. The quantitative estimate of drug-likeness (QED) is 0.183. The monoisotopic (exact) mass is 626 g/mol. The second kappa shape index (κ2) is 14.9. The molecule has 0 aromatic heterocycles. The molecule has 1 heterocycles. The number of benzene rings is 2. The molecule has 2 aromatic rings. The van der Waals surface area contributed by atoms with Crippen LogP contribution in [0.1, 0.15) is 119 Å². The summed E-state index contributed by atoms with van der Waals surface area (Å²) >= 11 is 0. The van der Waals surface area contributed by atoms with E-state index in [2.05, 4.69) is 6.92 Å². The van der Waals surface area contributed by atoms with Crippen LogP contribution in [0.15, 0.2) is 36.4 Å². The van der Waals surface area contributed by atoms with Crippen molar-refractivity contribution in [2.45, 2.75) is 109 Å². The van der Waals surface area contributed by atoms with Gasteiger partial charge in [0.05, 0.1) is 24.7 Å². The third-order valence-electron chi connectivity index (χ3n) is 10.1. The Kier molecular flexibility index (Phi) is 11.2. The molecule has 0 atom stereocenters. The summed E-state index contributed by atoms with van der Waals surface area (Å²) in [5.41, 5.74) is 0.587. The minimum Gasteiger partial charge on any atom is -0.432 e. The summed E-state index contributed by atoms with van der Waals surface area (Å²) in [6.07, 6.45) is 2.97. The lowest BCUT2D eigenvalue weighted by atomic mass is 9.68. The molecule has 0 amide bonds. The van der Waals surface area contributed by atoms with Crippen LogP contribution < -0.4 is 4.74 Å². The first-order valence-electron chi connectivity index (χ1n) is 16.3. The summed E-state index contributed by atoms with van der Waals surface area (Å²) in [6, 6.07) is 7.67. The SMILES string of the molecule is CCCCCC1COC(c2ccc(C3CCC(C4CCC(C(F)(F)Oc5ccc(C(F)F)c(F)c5)CC4)CC3)c(F)c2)OC1. The minimum atomic E-state index is -3.52. The minimum absolute atomic E-state index is 0.127. The Morgan fingerprint density at radius 2 is 1.48 bits per heavy atom. The van der Waals surface area contributed by atoms with Crippen molar-refractivity contribution in [2.75, 3.05) is 13.2 Å². The van der Waals surface area contributed by atoms with Gasteiger partial charge in [-0.15, -0.1) is 0 Å². The second-order valence-corrected chi connectivity index (χ2v) is 13.0. The second-order valence-electron chi connectivity index (χ2n) is 13.0. The summed E-state index contributed by atoms with van der Waals surface area (Å²) in [5.74, 6) is -1.71. The third-order valence-corrected chi connectivity index (χ3v) is 10.1. The molecule has 0 unspecified atom stereocenters. The summed E-state index contributed by atoms with van der Waals surface area (Å²) in [7, 11) is 0. The molecule has 3 fully saturated rings. The van der Waals surface area contributed by atoms with Gasteiger partial charge in [0.1, 0.15) is 17.4 Å². The molecular formula is C35H44F6O3.